The Bertz CT molecular complexity index is 428. The van der Waals surface area contributed by atoms with Crippen LogP contribution in [-0.2, 0) is 6.42 Å². The monoisotopic (exact) mass is 238 g/mol. The van der Waals surface area contributed by atoms with Gasteiger partial charge in [-0.05, 0) is 23.8 Å². The van der Waals surface area contributed by atoms with Gasteiger partial charge in [-0.15, -0.1) is 0 Å². The minimum Gasteiger partial charge on any atom is -0.241 e. The highest BCUT2D eigenvalue weighted by molar-refractivity contribution is 6.30. The smallest absolute Gasteiger partial charge is 0.134 e. The molecule has 2 nitrogen and oxygen atoms in total. The third-order valence-corrected chi connectivity index (χ3v) is 2.37. The van der Waals surface area contributed by atoms with Gasteiger partial charge in [-0.2, -0.15) is 0 Å². The lowest BCUT2D eigenvalue weighted by Gasteiger charge is -2.00. The normalized spacial score (nSPS) is 10.3. The SMILES string of the molecule is Clc1cccc(Cc2nccc(Cl)n2)c1. The van der Waals surface area contributed by atoms with Gasteiger partial charge in [-0.25, -0.2) is 9.97 Å². The Hall–Kier alpha value is -1.12. The molecule has 2 aromatic rings. The number of halogens is 2. The van der Waals surface area contributed by atoms with E-state index in [1.165, 1.54) is 0 Å². The molecule has 15 heavy (non-hydrogen) atoms. The van der Waals surface area contributed by atoms with Crippen LogP contribution in [0, 0.1) is 0 Å². The van der Waals surface area contributed by atoms with E-state index in [1.807, 2.05) is 24.3 Å². The Morgan fingerprint density at radius 3 is 2.73 bits per heavy atom. The summed E-state index contributed by atoms with van der Waals surface area (Å²) < 4.78 is 0. The summed E-state index contributed by atoms with van der Waals surface area (Å²) in [5.41, 5.74) is 1.07. The first kappa shape index (κ1) is 10.4. The average molecular weight is 239 g/mol. The second kappa shape index (κ2) is 4.60. The molecule has 0 unspecified atom stereocenters. The van der Waals surface area contributed by atoms with Crippen LogP contribution in [0.5, 0.6) is 0 Å². The first-order valence-corrected chi connectivity index (χ1v) is 5.21. The third-order valence-electron chi connectivity index (χ3n) is 1.92. The molecule has 4 heteroatoms. The number of nitrogens with zero attached hydrogens (tertiary/aromatic N) is 2. The summed E-state index contributed by atoms with van der Waals surface area (Å²) in [6.07, 6.45) is 2.29. The third kappa shape index (κ3) is 2.91. The van der Waals surface area contributed by atoms with Crippen molar-refractivity contribution >= 4 is 23.2 Å². The average Bonchev–Trinajstić information content (AvgIpc) is 2.17. The van der Waals surface area contributed by atoms with Crippen LogP contribution < -0.4 is 0 Å². The van der Waals surface area contributed by atoms with Gasteiger partial charge in [0.25, 0.3) is 0 Å². The zero-order valence-electron chi connectivity index (χ0n) is 7.82. The summed E-state index contributed by atoms with van der Waals surface area (Å²) in [7, 11) is 0. The van der Waals surface area contributed by atoms with Crippen LogP contribution in [0.3, 0.4) is 0 Å². The fourth-order valence-electron chi connectivity index (χ4n) is 1.29. The molecule has 1 aromatic carbocycles. The molecule has 0 bridgehead atoms. The Morgan fingerprint density at radius 1 is 1.13 bits per heavy atom. The Kier molecular flexibility index (Phi) is 3.19. The van der Waals surface area contributed by atoms with Crippen molar-refractivity contribution in [2.75, 3.05) is 0 Å². The summed E-state index contributed by atoms with van der Waals surface area (Å²) in [4.78, 5) is 8.24. The fraction of sp³-hybridized carbons (Fsp3) is 0.0909. The summed E-state index contributed by atoms with van der Waals surface area (Å²) in [5.74, 6) is 0.699. The van der Waals surface area contributed by atoms with Gasteiger partial charge >= 0.3 is 0 Å². The van der Waals surface area contributed by atoms with Gasteiger partial charge in [-0.3, -0.25) is 0 Å². The second-order valence-electron chi connectivity index (χ2n) is 3.10. The topological polar surface area (TPSA) is 25.8 Å². The van der Waals surface area contributed by atoms with Crippen LogP contribution in [0.4, 0.5) is 0 Å². The second-order valence-corrected chi connectivity index (χ2v) is 3.93. The molecule has 0 saturated heterocycles. The highest BCUT2D eigenvalue weighted by Gasteiger charge is 2.00. The van der Waals surface area contributed by atoms with E-state index in [4.69, 9.17) is 23.2 Å². The Morgan fingerprint density at radius 2 is 2.00 bits per heavy atom. The standard InChI is InChI=1S/C11H8Cl2N2/c12-9-3-1-2-8(6-9)7-11-14-5-4-10(13)15-11/h1-6H,7H2. The van der Waals surface area contributed by atoms with Crippen molar-refractivity contribution in [1.29, 1.82) is 0 Å². The lowest BCUT2D eigenvalue weighted by Crippen LogP contribution is -1.95. The predicted octanol–water partition coefficient (Wildman–Crippen LogP) is 3.37. The maximum absolute atomic E-state index is 5.88. The van der Waals surface area contributed by atoms with Gasteiger partial charge in [0.2, 0.25) is 0 Å². The molecular formula is C11H8Cl2N2. The highest BCUT2D eigenvalue weighted by Crippen LogP contribution is 2.13. The van der Waals surface area contributed by atoms with Gasteiger partial charge in [0.05, 0.1) is 0 Å². The van der Waals surface area contributed by atoms with E-state index < -0.39 is 0 Å². The van der Waals surface area contributed by atoms with Crippen LogP contribution in [0.1, 0.15) is 11.4 Å². The molecule has 0 N–H and O–H groups in total. The van der Waals surface area contributed by atoms with E-state index in [-0.39, 0.29) is 0 Å². The quantitative estimate of drug-likeness (QED) is 0.751. The first-order chi connectivity index (χ1) is 7.24. The molecule has 0 radical (unpaired) electrons. The maximum Gasteiger partial charge on any atom is 0.134 e. The van der Waals surface area contributed by atoms with Crippen LogP contribution in [0.2, 0.25) is 10.2 Å². The minimum absolute atomic E-state index is 0.460. The maximum atomic E-state index is 5.88. The van der Waals surface area contributed by atoms with Gasteiger partial charge in [-0.1, -0.05) is 35.3 Å². The van der Waals surface area contributed by atoms with E-state index in [0.29, 0.717) is 17.4 Å². The summed E-state index contributed by atoms with van der Waals surface area (Å²) >= 11 is 11.6. The van der Waals surface area contributed by atoms with Crippen LogP contribution in [0.25, 0.3) is 0 Å². The summed E-state index contributed by atoms with van der Waals surface area (Å²) in [6.45, 7) is 0. The van der Waals surface area contributed by atoms with Gasteiger partial charge in [0, 0.05) is 17.6 Å². The molecule has 0 atom stereocenters. The first-order valence-electron chi connectivity index (χ1n) is 4.46. The molecule has 1 heterocycles. The van der Waals surface area contributed by atoms with E-state index in [1.54, 1.807) is 12.3 Å². The summed E-state index contributed by atoms with van der Waals surface area (Å²) in [5, 5.41) is 1.18. The zero-order valence-corrected chi connectivity index (χ0v) is 9.33. The number of rotatable bonds is 2. The molecule has 2 rings (SSSR count). The lowest BCUT2D eigenvalue weighted by molar-refractivity contribution is 0.968. The molecule has 76 valence electrons. The number of hydrogen-bond donors (Lipinski definition) is 0. The van der Waals surface area contributed by atoms with E-state index in [9.17, 15) is 0 Å². The molecule has 0 aliphatic rings. The number of benzene rings is 1. The van der Waals surface area contributed by atoms with Crippen LogP contribution in [-0.4, -0.2) is 9.97 Å². The van der Waals surface area contributed by atoms with Crippen molar-refractivity contribution in [1.82, 2.24) is 9.97 Å². The molecule has 0 amide bonds. The minimum atomic E-state index is 0.460. The highest BCUT2D eigenvalue weighted by atomic mass is 35.5. The predicted molar refractivity (Wildman–Crippen MR) is 61.3 cm³/mol. The molecule has 0 spiro atoms. The van der Waals surface area contributed by atoms with E-state index in [0.717, 1.165) is 10.6 Å². The number of aromatic nitrogens is 2. The summed E-state index contributed by atoms with van der Waals surface area (Å²) in [6, 6.07) is 9.27. The van der Waals surface area contributed by atoms with Crippen molar-refractivity contribution in [2.45, 2.75) is 6.42 Å². The number of hydrogen-bond acceptors (Lipinski definition) is 2. The largest absolute Gasteiger partial charge is 0.241 e. The lowest BCUT2D eigenvalue weighted by atomic mass is 10.1. The fourth-order valence-corrected chi connectivity index (χ4v) is 1.66. The van der Waals surface area contributed by atoms with Crippen molar-refractivity contribution in [3.8, 4) is 0 Å². The zero-order chi connectivity index (χ0) is 10.7. The van der Waals surface area contributed by atoms with Crippen molar-refractivity contribution in [3.05, 3.63) is 58.1 Å². The van der Waals surface area contributed by atoms with Crippen molar-refractivity contribution in [3.63, 3.8) is 0 Å². The molecule has 0 aliphatic carbocycles. The van der Waals surface area contributed by atoms with Crippen LogP contribution in [0.15, 0.2) is 36.5 Å². The van der Waals surface area contributed by atoms with Crippen molar-refractivity contribution < 1.29 is 0 Å². The Labute approximate surface area is 97.9 Å². The molecule has 1 aromatic heterocycles. The van der Waals surface area contributed by atoms with Crippen molar-refractivity contribution in [2.24, 2.45) is 0 Å². The molecule has 0 saturated carbocycles. The Balaban J connectivity index is 2.22. The van der Waals surface area contributed by atoms with E-state index in [2.05, 4.69) is 9.97 Å². The molecule has 0 fully saturated rings. The molecular weight excluding hydrogens is 231 g/mol. The van der Waals surface area contributed by atoms with Gasteiger partial charge in [0.1, 0.15) is 11.0 Å². The van der Waals surface area contributed by atoms with Gasteiger partial charge < -0.3 is 0 Å². The van der Waals surface area contributed by atoms with Gasteiger partial charge in [0.15, 0.2) is 0 Å². The van der Waals surface area contributed by atoms with E-state index >= 15 is 0 Å². The molecule has 0 aliphatic heterocycles. The van der Waals surface area contributed by atoms with Crippen LogP contribution >= 0.6 is 23.2 Å².